The molecule has 0 bridgehead atoms. The molecule has 1 saturated heterocycles. The molecule has 7 heteroatoms. The molecule has 0 saturated carbocycles. The molecule has 146 valence electrons. The number of halogens is 3. The molecule has 0 aliphatic carbocycles. The van der Waals surface area contributed by atoms with Gasteiger partial charge in [0.05, 0.1) is 6.54 Å². The Labute approximate surface area is 152 Å². The minimum atomic E-state index is -4.10. The molecule has 3 rings (SSSR count). The van der Waals surface area contributed by atoms with E-state index in [-0.39, 0.29) is 6.04 Å². The van der Waals surface area contributed by atoms with Crippen LogP contribution >= 0.6 is 0 Å². The molecule has 2 aliphatic heterocycles. The Morgan fingerprint density at radius 3 is 2.50 bits per heavy atom. The van der Waals surface area contributed by atoms with Gasteiger partial charge in [0.2, 0.25) is 0 Å². The number of nitrogens with zero attached hydrogens (tertiary/aromatic N) is 1. The number of likely N-dealkylation sites (tertiary alicyclic amines) is 1. The summed E-state index contributed by atoms with van der Waals surface area (Å²) >= 11 is 0. The Bertz CT molecular complexity index is 587. The molecule has 1 aromatic carbocycles. The molecule has 2 aliphatic rings. The Kier molecular flexibility index (Phi) is 6.29. The second kappa shape index (κ2) is 8.48. The van der Waals surface area contributed by atoms with Gasteiger partial charge in [0.15, 0.2) is 11.5 Å². The molecule has 0 spiro atoms. The maximum absolute atomic E-state index is 12.5. The predicted molar refractivity (Wildman–Crippen MR) is 93.7 cm³/mol. The van der Waals surface area contributed by atoms with Crippen molar-refractivity contribution in [2.45, 2.75) is 38.4 Å². The highest BCUT2D eigenvalue weighted by molar-refractivity contribution is 5.44. The zero-order chi connectivity index (χ0) is 18.6. The van der Waals surface area contributed by atoms with Gasteiger partial charge in [0.1, 0.15) is 13.2 Å². The van der Waals surface area contributed by atoms with Gasteiger partial charge in [-0.25, -0.2) is 0 Å². The summed E-state index contributed by atoms with van der Waals surface area (Å²) in [5.74, 6) is 1.99. The predicted octanol–water partition coefficient (Wildman–Crippen LogP) is 3.77. The molecule has 1 atom stereocenters. The molecule has 26 heavy (non-hydrogen) atoms. The SMILES string of the molecule is CCC(NCC1CCN(CC(F)(F)F)CC1)c1ccc2c(c1)OCCO2. The largest absolute Gasteiger partial charge is 0.486 e. The third-order valence-corrected chi connectivity index (χ3v) is 5.14. The van der Waals surface area contributed by atoms with Crippen molar-refractivity contribution < 1.29 is 22.6 Å². The monoisotopic (exact) mass is 372 g/mol. The fourth-order valence-corrected chi connectivity index (χ4v) is 3.69. The maximum atomic E-state index is 12.5. The summed E-state index contributed by atoms with van der Waals surface area (Å²) < 4.78 is 48.6. The van der Waals surface area contributed by atoms with Crippen LogP contribution in [0.3, 0.4) is 0 Å². The number of benzene rings is 1. The van der Waals surface area contributed by atoms with Crippen molar-refractivity contribution in [1.82, 2.24) is 10.2 Å². The zero-order valence-electron chi connectivity index (χ0n) is 15.1. The van der Waals surface area contributed by atoms with Crippen molar-refractivity contribution in [2.75, 3.05) is 39.4 Å². The van der Waals surface area contributed by atoms with Crippen molar-refractivity contribution in [3.8, 4) is 11.5 Å². The Hall–Kier alpha value is -1.47. The topological polar surface area (TPSA) is 33.7 Å². The molecule has 1 N–H and O–H groups in total. The van der Waals surface area contributed by atoms with Crippen molar-refractivity contribution >= 4 is 0 Å². The lowest BCUT2D eigenvalue weighted by molar-refractivity contribution is -0.148. The molecular formula is C19H27F3N2O2. The fourth-order valence-electron chi connectivity index (χ4n) is 3.69. The summed E-state index contributed by atoms with van der Waals surface area (Å²) in [6.07, 6.45) is -1.55. The van der Waals surface area contributed by atoms with E-state index in [0.717, 1.165) is 42.9 Å². The minimum absolute atomic E-state index is 0.207. The summed E-state index contributed by atoms with van der Waals surface area (Å²) in [6, 6.07) is 6.24. The normalized spacial score (nSPS) is 20.2. The molecule has 1 fully saturated rings. The Morgan fingerprint density at radius 1 is 1.15 bits per heavy atom. The maximum Gasteiger partial charge on any atom is 0.401 e. The van der Waals surface area contributed by atoms with Crippen LogP contribution in [0.5, 0.6) is 11.5 Å². The number of nitrogens with one attached hydrogen (secondary N) is 1. The smallest absolute Gasteiger partial charge is 0.401 e. The second-order valence-corrected chi connectivity index (χ2v) is 7.11. The van der Waals surface area contributed by atoms with Crippen LogP contribution < -0.4 is 14.8 Å². The molecule has 0 radical (unpaired) electrons. The van der Waals surface area contributed by atoms with Crippen molar-refractivity contribution in [3.05, 3.63) is 23.8 Å². The standard InChI is InChI=1S/C19H27F3N2O2/c1-2-16(15-3-4-17-18(11-15)26-10-9-25-17)23-12-14-5-7-24(8-6-14)13-19(20,21)22/h3-4,11,14,16,23H,2,5-10,12-13H2,1H3. The third-order valence-electron chi connectivity index (χ3n) is 5.14. The van der Waals surface area contributed by atoms with Crippen LogP contribution in [0.25, 0.3) is 0 Å². The number of ether oxygens (including phenoxy) is 2. The van der Waals surface area contributed by atoms with Crippen molar-refractivity contribution in [3.63, 3.8) is 0 Å². The van der Waals surface area contributed by atoms with Crippen LogP contribution in [0.15, 0.2) is 18.2 Å². The van der Waals surface area contributed by atoms with Gasteiger partial charge >= 0.3 is 6.18 Å². The highest BCUT2D eigenvalue weighted by atomic mass is 19.4. The van der Waals surface area contributed by atoms with Crippen molar-refractivity contribution in [2.24, 2.45) is 5.92 Å². The number of alkyl halides is 3. The van der Waals surface area contributed by atoms with Crippen LogP contribution in [0.2, 0.25) is 0 Å². The van der Waals surface area contributed by atoms with Gasteiger partial charge in [-0.15, -0.1) is 0 Å². The molecule has 1 aromatic rings. The number of hydrogen-bond donors (Lipinski definition) is 1. The summed E-state index contributed by atoms with van der Waals surface area (Å²) in [5, 5.41) is 3.59. The summed E-state index contributed by atoms with van der Waals surface area (Å²) in [4.78, 5) is 1.51. The number of hydrogen-bond acceptors (Lipinski definition) is 4. The fraction of sp³-hybridized carbons (Fsp3) is 0.684. The molecule has 2 heterocycles. The van der Waals surface area contributed by atoms with Gasteiger partial charge in [0, 0.05) is 6.04 Å². The van der Waals surface area contributed by atoms with Gasteiger partial charge in [0.25, 0.3) is 0 Å². The van der Waals surface area contributed by atoms with Crippen LogP contribution in [0.1, 0.15) is 37.8 Å². The average molecular weight is 372 g/mol. The Balaban J connectivity index is 1.49. The van der Waals surface area contributed by atoms with E-state index in [9.17, 15) is 13.2 Å². The average Bonchev–Trinajstić information content (AvgIpc) is 2.62. The molecule has 0 aromatic heterocycles. The zero-order valence-corrected chi connectivity index (χ0v) is 15.1. The first kappa shape index (κ1) is 19.3. The molecule has 1 unspecified atom stereocenters. The lowest BCUT2D eigenvalue weighted by Crippen LogP contribution is -2.42. The lowest BCUT2D eigenvalue weighted by Gasteiger charge is -2.33. The van der Waals surface area contributed by atoms with E-state index in [2.05, 4.69) is 18.3 Å². The van der Waals surface area contributed by atoms with Crippen LogP contribution in [-0.4, -0.2) is 50.5 Å². The molecule has 0 amide bonds. The molecular weight excluding hydrogens is 345 g/mol. The van der Waals surface area contributed by atoms with E-state index in [1.54, 1.807) is 0 Å². The lowest BCUT2D eigenvalue weighted by atomic mass is 9.95. The quantitative estimate of drug-likeness (QED) is 0.824. The van der Waals surface area contributed by atoms with E-state index < -0.39 is 12.7 Å². The van der Waals surface area contributed by atoms with Gasteiger partial charge in [-0.3, -0.25) is 4.90 Å². The van der Waals surface area contributed by atoms with Gasteiger partial charge in [-0.2, -0.15) is 13.2 Å². The van der Waals surface area contributed by atoms with Crippen LogP contribution in [-0.2, 0) is 0 Å². The highest BCUT2D eigenvalue weighted by Crippen LogP contribution is 2.33. The van der Waals surface area contributed by atoms with E-state index in [0.29, 0.717) is 32.2 Å². The van der Waals surface area contributed by atoms with E-state index in [1.165, 1.54) is 4.90 Å². The summed E-state index contributed by atoms with van der Waals surface area (Å²) in [7, 11) is 0. The highest BCUT2D eigenvalue weighted by Gasteiger charge is 2.32. The van der Waals surface area contributed by atoms with Crippen LogP contribution in [0.4, 0.5) is 13.2 Å². The van der Waals surface area contributed by atoms with Gasteiger partial charge in [-0.1, -0.05) is 13.0 Å². The minimum Gasteiger partial charge on any atom is -0.486 e. The van der Waals surface area contributed by atoms with Gasteiger partial charge < -0.3 is 14.8 Å². The first-order valence-corrected chi connectivity index (χ1v) is 9.36. The molecule has 4 nitrogen and oxygen atoms in total. The number of rotatable bonds is 6. The van der Waals surface area contributed by atoms with Crippen LogP contribution in [0, 0.1) is 5.92 Å². The first-order chi connectivity index (χ1) is 12.4. The van der Waals surface area contributed by atoms with E-state index >= 15 is 0 Å². The Morgan fingerprint density at radius 2 is 1.85 bits per heavy atom. The number of fused-ring (bicyclic) bond motifs is 1. The first-order valence-electron chi connectivity index (χ1n) is 9.36. The number of piperidine rings is 1. The summed E-state index contributed by atoms with van der Waals surface area (Å²) in [6.45, 7) is 4.35. The van der Waals surface area contributed by atoms with Gasteiger partial charge in [-0.05, 0) is 62.5 Å². The third kappa shape index (κ3) is 5.27. The van der Waals surface area contributed by atoms with E-state index in [4.69, 9.17) is 9.47 Å². The van der Waals surface area contributed by atoms with Crippen molar-refractivity contribution in [1.29, 1.82) is 0 Å². The second-order valence-electron chi connectivity index (χ2n) is 7.11. The summed E-state index contributed by atoms with van der Waals surface area (Å²) in [5.41, 5.74) is 1.16. The van der Waals surface area contributed by atoms with E-state index in [1.807, 2.05) is 12.1 Å².